The molecule has 1 atom stereocenters. The second-order valence-electron chi connectivity index (χ2n) is 7.35. The van der Waals surface area contributed by atoms with Gasteiger partial charge in [0.25, 0.3) is 11.5 Å². The number of hydrogen-bond donors (Lipinski definition) is 2. The van der Waals surface area contributed by atoms with E-state index in [4.69, 9.17) is 4.74 Å². The summed E-state index contributed by atoms with van der Waals surface area (Å²) < 4.78 is 5.20. The molecule has 4 rings (SSSR count). The van der Waals surface area contributed by atoms with E-state index in [0.717, 1.165) is 22.4 Å². The number of amides is 1. The van der Waals surface area contributed by atoms with Gasteiger partial charge in [0.05, 0.1) is 18.8 Å². The average molecular weight is 425 g/mol. The Balaban J connectivity index is 1.79. The van der Waals surface area contributed by atoms with Gasteiger partial charge in [-0.2, -0.15) is 5.10 Å². The zero-order valence-electron chi connectivity index (χ0n) is 17.8. The summed E-state index contributed by atoms with van der Waals surface area (Å²) in [5, 5.41) is 9.75. The van der Waals surface area contributed by atoms with Crippen molar-refractivity contribution < 1.29 is 9.53 Å². The van der Waals surface area contributed by atoms with Crippen molar-refractivity contribution in [2.24, 2.45) is 0 Å². The number of nitrogens with zero attached hydrogens (tertiary/aromatic N) is 1. The molecule has 0 saturated heterocycles. The number of hydrogen-bond acceptors (Lipinski definition) is 4. The van der Waals surface area contributed by atoms with Gasteiger partial charge in [-0.1, -0.05) is 72.8 Å². The van der Waals surface area contributed by atoms with E-state index < -0.39 is 11.5 Å². The van der Waals surface area contributed by atoms with Gasteiger partial charge in [0.15, 0.2) is 0 Å². The Hall–Kier alpha value is -4.19. The van der Waals surface area contributed by atoms with Crippen LogP contribution in [0.2, 0.25) is 0 Å². The van der Waals surface area contributed by atoms with Gasteiger partial charge in [-0.3, -0.25) is 9.59 Å². The number of carbonyl (C=O) groups is 1. The van der Waals surface area contributed by atoms with Crippen LogP contribution in [0.4, 0.5) is 0 Å². The van der Waals surface area contributed by atoms with Crippen LogP contribution in [0.25, 0.3) is 22.4 Å². The minimum absolute atomic E-state index is 0.0328. The topological polar surface area (TPSA) is 84.1 Å². The van der Waals surface area contributed by atoms with Gasteiger partial charge >= 0.3 is 0 Å². The SMILES string of the molecule is COc1ccc(C(C)NC(=O)c2c(-c3ccccc3)c(-c3ccccc3)n[nH]c2=O)cc1. The van der Waals surface area contributed by atoms with Crippen molar-refractivity contribution in [3.63, 3.8) is 0 Å². The number of H-pyrrole nitrogens is 1. The molecule has 0 saturated carbocycles. The van der Waals surface area contributed by atoms with Gasteiger partial charge in [-0.25, -0.2) is 5.10 Å². The molecule has 1 unspecified atom stereocenters. The Morgan fingerprint density at radius 1 is 0.906 bits per heavy atom. The van der Waals surface area contributed by atoms with Crippen LogP contribution in [0.5, 0.6) is 5.75 Å². The van der Waals surface area contributed by atoms with Crippen molar-refractivity contribution in [3.05, 3.63) is 106 Å². The highest BCUT2D eigenvalue weighted by Crippen LogP contribution is 2.31. The molecule has 6 heteroatoms. The fraction of sp³-hybridized carbons (Fsp3) is 0.115. The fourth-order valence-electron chi connectivity index (χ4n) is 3.60. The van der Waals surface area contributed by atoms with Crippen molar-refractivity contribution in [2.75, 3.05) is 7.11 Å². The molecule has 0 radical (unpaired) electrons. The first-order valence-corrected chi connectivity index (χ1v) is 10.3. The maximum absolute atomic E-state index is 13.4. The molecule has 1 aromatic heterocycles. The number of rotatable bonds is 6. The van der Waals surface area contributed by atoms with E-state index >= 15 is 0 Å². The van der Waals surface area contributed by atoms with Gasteiger partial charge in [0.1, 0.15) is 11.3 Å². The lowest BCUT2D eigenvalue weighted by Gasteiger charge is -2.17. The molecule has 0 spiro atoms. The smallest absolute Gasteiger partial charge is 0.277 e. The molecule has 6 nitrogen and oxygen atoms in total. The van der Waals surface area contributed by atoms with Gasteiger partial charge in [-0.05, 0) is 30.2 Å². The summed E-state index contributed by atoms with van der Waals surface area (Å²) >= 11 is 0. The molecular formula is C26H23N3O3. The molecule has 0 aliphatic heterocycles. The molecule has 3 aromatic carbocycles. The lowest BCUT2D eigenvalue weighted by molar-refractivity contribution is 0.0939. The largest absolute Gasteiger partial charge is 0.497 e. The number of aromatic nitrogens is 2. The lowest BCUT2D eigenvalue weighted by atomic mass is 9.95. The Kier molecular flexibility index (Phi) is 6.12. The first kappa shape index (κ1) is 21.1. The maximum atomic E-state index is 13.4. The molecule has 1 heterocycles. The van der Waals surface area contributed by atoms with Crippen molar-refractivity contribution in [3.8, 4) is 28.1 Å². The standard InChI is InChI=1S/C26H23N3O3/c1-17(18-13-15-21(32-2)16-14-18)27-25(30)23-22(19-9-5-3-6-10-19)24(28-29-26(23)31)20-11-7-4-8-12-20/h3-17H,1-2H3,(H,27,30)(H,29,31). The molecule has 4 aromatic rings. The van der Waals surface area contributed by atoms with E-state index in [1.807, 2.05) is 91.9 Å². The highest BCUT2D eigenvalue weighted by molar-refractivity contribution is 6.03. The van der Waals surface area contributed by atoms with Gasteiger partial charge < -0.3 is 10.1 Å². The highest BCUT2D eigenvalue weighted by Gasteiger charge is 2.24. The van der Waals surface area contributed by atoms with Gasteiger partial charge in [0.2, 0.25) is 0 Å². The van der Waals surface area contributed by atoms with Gasteiger partial charge in [-0.15, -0.1) is 0 Å². The molecule has 0 bridgehead atoms. The number of aromatic amines is 1. The first-order valence-electron chi connectivity index (χ1n) is 10.3. The van der Waals surface area contributed by atoms with Crippen LogP contribution < -0.4 is 15.6 Å². The van der Waals surface area contributed by atoms with Crippen LogP contribution in [0.3, 0.4) is 0 Å². The molecule has 0 fully saturated rings. The van der Waals surface area contributed by atoms with Crippen molar-refractivity contribution >= 4 is 5.91 Å². The summed E-state index contributed by atoms with van der Waals surface area (Å²) in [6.45, 7) is 1.87. The third kappa shape index (κ3) is 4.30. The van der Waals surface area contributed by atoms with E-state index in [1.54, 1.807) is 7.11 Å². The molecular weight excluding hydrogens is 402 g/mol. The zero-order chi connectivity index (χ0) is 22.5. The van der Waals surface area contributed by atoms with E-state index in [0.29, 0.717) is 11.3 Å². The molecule has 0 aliphatic carbocycles. The quantitative estimate of drug-likeness (QED) is 0.473. The van der Waals surface area contributed by atoms with E-state index in [-0.39, 0.29) is 11.6 Å². The highest BCUT2D eigenvalue weighted by atomic mass is 16.5. The van der Waals surface area contributed by atoms with Crippen LogP contribution in [0, 0.1) is 0 Å². The lowest BCUT2D eigenvalue weighted by Crippen LogP contribution is -2.33. The summed E-state index contributed by atoms with van der Waals surface area (Å²) in [5.74, 6) is 0.268. The normalized spacial score (nSPS) is 11.6. The monoisotopic (exact) mass is 425 g/mol. The maximum Gasteiger partial charge on any atom is 0.277 e. The Morgan fingerprint density at radius 3 is 2.09 bits per heavy atom. The zero-order valence-corrected chi connectivity index (χ0v) is 17.8. The van der Waals surface area contributed by atoms with Crippen molar-refractivity contribution in [1.82, 2.24) is 15.5 Å². The summed E-state index contributed by atoms with van der Waals surface area (Å²) in [6.07, 6.45) is 0. The fourth-order valence-corrected chi connectivity index (χ4v) is 3.60. The summed E-state index contributed by atoms with van der Waals surface area (Å²) in [4.78, 5) is 26.2. The minimum Gasteiger partial charge on any atom is -0.497 e. The first-order chi connectivity index (χ1) is 15.6. The van der Waals surface area contributed by atoms with Crippen LogP contribution in [0.1, 0.15) is 28.9 Å². The minimum atomic E-state index is -0.539. The molecule has 0 aliphatic rings. The van der Waals surface area contributed by atoms with Crippen LogP contribution in [-0.4, -0.2) is 23.2 Å². The predicted octanol–water partition coefficient (Wildman–Crippen LogP) is 4.60. The Morgan fingerprint density at radius 2 is 1.50 bits per heavy atom. The average Bonchev–Trinajstić information content (AvgIpc) is 2.84. The number of ether oxygens (including phenoxy) is 1. The molecule has 160 valence electrons. The summed E-state index contributed by atoms with van der Waals surface area (Å²) in [7, 11) is 1.60. The summed E-state index contributed by atoms with van der Waals surface area (Å²) in [5.41, 5.74) is 2.98. The van der Waals surface area contributed by atoms with Crippen LogP contribution in [0.15, 0.2) is 89.7 Å². The second-order valence-corrected chi connectivity index (χ2v) is 7.35. The molecule has 32 heavy (non-hydrogen) atoms. The van der Waals surface area contributed by atoms with E-state index in [2.05, 4.69) is 15.5 Å². The molecule has 2 N–H and O–H groups in total. The Bertz CT molecular complexity index is 1270. The van der Waals surface area contributed by atoms with E-state index in [1.165, 1.54) is 0 Å². The Labute approximate surface area is 185 Å². The van der Waals surface area contributed by atoms with Crippen LogP contribution >= 0.6 is 0 Å². The molecule has 1 amide bonds. The number of methoxy groups -OCH3 is 1. The van der Waals surface area contributed by atoms with E-state index in [9.17, 15) is 9.59 Å². The van der Waals surface area contributed by atoms with Gasteiger partial charge in [0, 0.05) is 11.1 Å². The number of nitrogens with one attached hydrogen (secondary N) is 2. The number of carbonyl (C=O) groups excluding carboxylic acids is 1. The van der Waals surface area contributed by atoms with Crippen molar-refractivity contribution in [2.45, 2.75) is 13.0 Å². The second kappa shape index (κ2) is 9.31. The number of benzene rings is 3. The third-order valence-electron chi connectivity index (χ3n) is 5.28. The predicted molar refractivity (Wildman–Crippen MR) is 125 cm³/mol. The van der Waals surface area contributed by atoms with Crippen LogP contribution in [-0.2, 0) is 0 Å². The third-order valence-corrected chi connectivity index (χ3v) is 5.28. The summed E-state index contributed by atoms with van der Waals surface area (Å²) in [6, 6.07) is 26.0. The van der Waals surface area contributed by atoms with Crippen molar-refractivity contribution in [1.29, 1.82) is 0 Å².